The van der Waals surface area contributed by atoms with Crippen LogP contribution in [-0.4, -0.2) is 33.5 Å². The first-order valence-corrected chi connectivity index (χ1v) is 7.68. The lowest BCUT2D eigenvalue weighted by Crippen LogP contribution is -2.58. The summed E-state index contributed by atoms with van der Waals surface area (Å²) < 4.78 is 5.00. The van der Waals surface area contributed by atoms with Gasteiger partial charge in [-0.15, -0.1) is 0 Å². The highest BCUT2D eigenvalue weighted by Gasteiger charge is 2.47. The second-order valence-electron chi connectivity index (χ2n) is 5.68. The number of nitrogens with zero attached hydrogens (tertiary/aromatic N) is 1. The maximum absolute atomic E-state index is 12.7. The SMILES string of the molecule is CC(=O)[C@](C)(C(=O)c1ccccc1)N(O)C(=O)OCc1ccccc1. The van der Waals surface area contributed by atoms with Crippen LogP contribution in [0.1, 0.15) is 29.8 Å². The maximum Gasteiger partial charge on any atom is 0.435 e. The summed E-state index contributed by atoms with van der Waals surface area (Å²) in [6, 6.07) is 16.8. The van der Waals surface area contributed by atoms with Crippen LogP contribution in [0.3, 0.4) is 0 Å². The molecule has 25 heavy (non-hydrogen) atoms. The molecule has 0 saturated heterocycles. The van der Waals surface area contributed by atoms with E-state index in [9.17, 15) is 19.6 Å². The predicted octanol–water partition coefficient (Wildman–Crippen LogP) is 3.25. The van der Waals surface area contributed by atoms with E-state index >= 15 is 0 Å². The molecule has 1 atom stereocenters. The smallest absolute Gasteiger partial charge is 0.435 e. The Labute approximate surface area is 145 Å². The number of benzene rings is 2. The van der Waals surface area contributed by atoms with Gasteiger partial charge in [0.1, 0.15) is 6.61 Å². The Balaban J connectivity index is 2.19. The van der Waals surface area contributed by atoms with Gasteiger partial charge in [-0.2, -0.15) is 5.06 Å². The van der Waals surface area contributed by atoms with Gasteiger partial charge < -0.3 is 4.74 Å². The number of carbonyl (C=O) groups is 3. The minimum atomic E-state index is -2.07. The van der Waals surface area contributed by atoms with Gasteiger partial charge in [0.25, 0.3) is 0 Å². The van der Waals surface area contributed by atoms with Crippen LogP contribution in [0.4, 0.5) is 4.79 Å². The summed E-state index contributed by atoms with van der Waals surface area (Å²) in [5, 5.41) is 10.3. The number of amides is 1. The molecule has 2 aromatic rings. The summed E-state index contributed by atoms with van der Waals surface area (Å²) in [5.74, 6) is -1.37. The van der Waals surface area contributed by atoms with Crippen LogP contribution in [0, 0.1) is 0 Å². The van der Waals surface area contributed by atoms with E-state index in [1.165, 1.54) is 19.1 Å². The second-order valence-corrected chi connectivity index (χ2v) is 5.68. The van der Waals surface area contributed by atoms with Crippen molar-refractivity contribution in [1.29, 1.82) is 0 Å². The molecule has 130 valence electrons. The van der Waals surface area contributed by atoms with Crippen molar-refractivity contribution < 1.29 is 24.3 Å². The summed E-state index contributed by atoms with van der Waals surface area (Å²) in [7, 11) is 0. The number of hydroxylamine groups is 2. The number of ketones is 2. The van der Waals surface area contributed by atoms with Gasteiger partial charge in [-0.25, -0.2) is 4.79 Å². The van der Waals surface area contributed by atoms with E-state index in [1.807, 2.05) is 6.07 Å². The highest BCUT2D eigenvalue weighted by molar-refractivity contribution is 6.18. The van der Waals surface area contributed by atoms with Crippen LogP contribution in [0.15, 0.2) is 60.7 Å². The van der Waals surface area contributed by atoms with Crippen molar-refractivity contribution in [1.82, 2.24) is 5.06 Å². The average molecular weight is 341 g/mol. The molecule has 6 nitrogen and oxygen atoms in total. The zero-order valence-electron chi connectivity index (χ0n) is 14.0. The largest absolute Gasteiger partial charge is 0.443 e. The fourth-order valence-corrected chi connectivity index (χ4v) is 2.24. The van der Waals surface area contributed by atoms with Crippen molar-refractivity contribution >= 4 is 17.7 Å². The topological polar surface area (TPSA) is 83.9 Å². The zero-order valence-corrected chi connectivity index (χ0v) is 14.0. The van der Waals surface area contributed by atoms with E-state index in [4.69, 9.17) is 4.74 Å². The van der Waals surface area contributed by atoms with Crippen LogP contribution >= 0.6 is 0 Å². The molecule has 0 unspecified atom stereocenters. The first-order valence-electron chi connectivity index (χ1n) is 7.68. The Morgan fingerprint density at radius 2 is 1.52 bits per heavy atom. The van der Waals surface area contributed by atoms with Crippen LogP contribution in [-0.2, 0) is 16.1 Å². The molecule has 0 fully saturated rings. The van der Waals surface area contributed by atoms with Crippen molar-refractivity contribution in [2.75, 3.05) is 0 Å². The fraction of sp³-hybridized carbons (Fsp3) is 0.211. The monoisotopic (exact) mass is 341 g/mol. The van der Waals surface area contributed by atoms with Crippen LogP contribution < -0.4 is 0 Å². The average Bonchev–Trinajstić information content (AvgIpc) is 2.65. The van der Waals surface area contributed by atoms with Gasteiger partial charge in [-0.3, -0.25) is 14.8 Å². The Hall–Kier alpha value is -2.99. The van der Waals surface area contributed by atoms with Crippen LogP contribution in [0.25, 0.3) is 0 Å². The first kappa shape index (κ1) is 18.4. The Morgan fingerprint density at radius 1 is 1.00 bits per heavy atom. The molecule has 0 aromatic heterocycles. The lowest BCUT2D eigenvalue weighted by molar-refractivity contribution is -0.153. The minimum Gasteiger partial charge on any atom is -0.443 e. The summed E-state index contributed by atoms with van der Waals surface area (Å²) in [4.78, 5) is 36.9. The van der Waals surface area contributed by atoms with E-state index in [1.54, 1.807) is 42.5 Å². The summed E-state index contributed by atoms with van der Waals surface area (Å²) >= 11 is 0. The third kappa shape index (κ3) is 3.92. The number of ether oxygens (including phenoxy) is 1. The molecule has 2 aromatic carbocycles. The molecule has 1 amide bonds. The Bertz CT molecular complexity index is 760. The molecule has 0 radical (unpaired) electrons. The standard InChI is InChI=1S/C19H19NO5/c1-14(21)19(2,17(22)16-11-7-4-8-12-16)20(24)18(23)25-13-15-9-5-3-6-10-15/h3-12,24H,13H2,1-2H3/t19-/m1/s1. The van der Waals surface area contributed by atoms with Crippen molar-refractivity contribution in [2.45, 2.75) is 26.0 Å². The van der Waals surface area contributed by atoms with Gasteiger partial charge in [-0.05, 0) is 19.4 Å². The van der Waals surface area contributed by atoms with Crippen LogP contribution in [0.2, 0.25) is 0 Å². The maximum atomic E-state index is 12.7. The molecule has 0 aliphatic carbocycles. The van der Waals surface area contributed by atoms with Gasteiger partial charge in [0.2, 0.25) is 0 Å². The minimum absolute atomic E-state index is 0.0631. The summed E-state index contributed by atoms with van der Waals surface area (Å²) in [6.07, 6.45) is -1.18. The van der Waals surface area contributed by atoms with Gasteiger partial charge in [0, 0.05) is 5.56 Å². The van der Waals surface area contributed by atoms with Gasteiger partial charge in [0.05, 0.1) is 0 Å². The molecule has 0 spiro atoms. The zero-order chi connectivity index (χ0) is 18.4. The second kappa shape index (κ2) is 7.72. The molecule has 1 N–H and O–H groups in total. The molecular weight excluding hydrogens is 322 g/mol. The first-order chi connectivity index (χ1) is 11.9. The normalized spacial score (nSPS) is 12.8. The molecule has 0 bridgehead atoms. The molecule has 0 heterocycles. The molecule has 2 rings (SSSR count). The third-order valence-electron chi connectivity index (χ3n) is 3.97. The van der Waals surface area contributed by atoms with Crippen molar-refractivity contribution in [3.05, 3.63) is 71.8 Å². The highest BCUT2D eigenvalue weighted by atomic mass is 16.6. The van der Waals surface area contributed by atoms with Crippen molar-refractivity contribution in [3.8, 4) is 0 Å². The Morgan fingerprint density at radius 3 is 2.04 bits per heavy atom. The van der Waals surface area contributed by atoms with E-state index in [-0.39, 0.29) is 17.2 Å². The van der Waals surface area contributed by atoms with E-state index in [2.05, 4.69) is 0 Å². The lowest BCUT2D eigenvalue weighted by Gasteiger charge is -2.32. The van der Waals surface area contributed by atoms with E-state index in [0.29, 0.717) is 5.56 Å². The van der Waals surface area contributed by atoms with Crippen molar-refractivity contribution in [2.24, 2.45) is 0 Å². The summed E-state index contributed by atoms with van der Waals surface area (Å²) in [6.45, 7) is 2.23. The van der Waals surface area contributed by atoms with Gasteiger partial charge in [0.15, 0.2) is 17.1 Å². The fourth-order valence-electron chi connectivity index (χ4n) is 2.24. The van der Waals surface area contributed by atoms with E-state index in [0.717, 1.165) is 6.92 Å². The van der Waals surface area contributed by atoms with Gasteiger partial charge in [-0.1, -0.05) is 60.7 Å². The van der Waals surface area contributed by atoms with Crippen molar-refractivity contribution in [3.63, 3.8) is 0 Å². The van der Waals surface area contributed by atoms with E-state index < -0.39 is 23.2 Å². The third-order valence-corrected chi connectivity index (χ3v) is 3.97. The molecular formula is C19H19NO5. The number of Topliss-reactive ketones (excluding diaryl/α,β-unsaturated/α-hetero) is 2. The molecule has 6 heteroatoms. The Kier molecular flexibility index (Phi) is 5.67. The number of hydrogen-bond acceptors (Lipinski definition) is 5. The molecule has 0 aliphatic heterocycles. The predicted molar refractivity (Wildman–Crippen MR) is 90.1 cm³/mol. The molecule has 0 aliphatic rings. The van der Waals surface area contributed by atoms with Gasteiger partial charge >= 0.3 is 6.09 Å². The summed E-state index contributed by atoms with van der Waals surface area (Å²) in [5.41, 5.74) is -1.16. The lowest BCUT2D eigenvalue weighted by atomic mass is 9.87. The quantitative estimate of drug-likeness (QED) is 0.377. The number of hydrogen-bond donors (Lipinski definition) is 1. The number of rotatable bonds is 6. The number of carbonyl (C=O) groups excluding carboxylic acids is 3. The highest BCUT2D eigenvalue weighted by Crippen LogP contribution is 2.22. The molecule has 0 saturated carbocycles. The van der Waals surface area contributed by atoms with Crippen LogP contribution in [0.5, 0.6) is 0 Å².